The second-order valence-electron chi connectivity index (χ2n) is 6.75. The lowest BCUT2D eigenvalue weighted by Crippen LogP contribution is -2.22. The van der Waals surface area contributed by atoms with E-state index in [1.54, 1.807) is 23.9 Å². The quantitative estimate of drug-likeness (QED) is 0.375. The number of thioether (sulfide) groups is 2. The Hall–Kier alpha value is -1.54. The molecule has 3 aromatic rings. The van der Waals surface area contributed by atoms with Crippen LogP contribution in [0, 0.1) is 0 Å². The minimum absolute atomic E-state index is 0.113. The van der Waals surface area contributed by atoms with Crippen molar-refractivity contribution in [3.63, 3.8) is 0 Å². The van der Waals surface area contributed by atoms with E-state index in [2.05, 4.69) is 53.6 Å². The average molecular weight is 464 g/mol. The molecule has 0 saturated carbocycles. The minimum atomic E-state index is -0.305. The molecule has 4 nitrogen and oxygen atoms in total. The maximum Gasteiger partial charge on any atom is 0.237 e. The molecule has 0 aliphatic heterocycles. The van der Waals surface area contributed by atoms with Gasteiger partial charge in [-0.1, -0.05) is 96.7 Å². The molecule has 3 rings (SSSR count). The maximum atomic E-state index is 12.4. The highest BCUT2D eigenvalue weighted by molar-refractivity contribution is 8.03. The summed E-state index contributed by atoms with van der Waals surface area (Å²) in [4.78, 5) is 12.4. The van der Waals surface area contributed by atoms with Crippen LogP contribution in [0.2, 0.25) is 5.02 Å². The summed E-state index contributed by atoms with van der Waals surface area (Å²) in [5.41, 5.74) is 3.22. The zero-order valence-electron chi connectivity index (χ0n) is 16.4. The number of amides is 1. The van der Waals surface area contributed by atoms with Crippen LogP contribution in [0.5, 0.6) is 0 Å². The van der Waals surface area contributed by atoms with Gasteiger partial charge >= 0.3 is 0 Å². The van der Waals surface area contributed by atoms with Crippen molar-refractivity contribution in [3.8, 4) is 0 Å². The molecule has 1 atom stereocenters. The average Bonchev–Trinajstić information content (AvgIpc) is 3.15. The van der Waals surface area contributed by atoms with Crippen LogP contribution >= 0.6 is 46.5 Å². The molecule has 0 saturated heterocycles. The van der Waals surface area contributed by atoms with Crippen LogP contribution < -0.4 is 5.32 Å². The second kappa shape index (κ2) is 10.5. The van der Waals surface area contributed by atoms with E-state index >= 15 is 0 Å². The highest BCUT2D eigenvalue weighted by atomic mass is 35.5. The Morgan fingerprint density at radius 1 is 1.07 bits per heavy atom. The molecule has 1 aromatic heterocycles. The largest absolute Gasteiger partial charge is 0.324 e. The molecule has 152 valence electrons. The van der Waals surface area contributed by atoms with Gasteiger partial charge < -0.3 is 5.32 Å². The number of hydrogen-bond acceptors (Lipinski definition) is 6. The third-order valence-electron chi connectivity index (χ3n) is 4.18. The topological polar surface area (TPSA) is 54.9 Å². The van der Waals surface area contributed by atoms with Gasteiger partial charge in [-0.15, -0.1) is 10.2 Å². The third-order valence-corrected chi connectivity index (χ3v) is 7.82. The van der Waals surface area contributed by atoms with E-state index in [-0.39, 0.29) is 11.2 Å². The monoisotopic (exact) mass is 463 g/mol. The van der Waals surface area contributed by atoms with E-state index in [1.165, 1.54) is 34.2 Å². The van der Waals surface area contributed by atoms with Crippen LogP contribution in [0.4, 0.5) is 5.69 Å². The van der Waals surface area contributed by atoms with Gasteiger partial charge in [0.05, 0.1) is 16.0 Å². The lowest BCUT2D eigenvalue weighted by atomic mass is 10.0. The Bertz CT molecular complexity index is 960. The smallest absolute Gasteiger partial charge is 0.237 e. The molecular weight excluding hydrogens is 442 g/mol. The number of nitrogens with one attached hydrogen (secondary N) is 1. The first-order chi connectivity index (χ1) is 13.9. The molecule has 0 radical (unpaired) electrons. The predicted octanol–water partition coefficient (Wildman–Crippen LogP) is 6.73. The zero-order chi connectivity index (χ0) is 20.8. The van der Waals surface area contributed by atoms with Crippen molar-refractivity contribution in [2.45, 2.75) is 46.4 Å². The molecule has 1 N–H and O–H groups in total. The maximum absolute atomic E-state index is 12.4. The summed E-state index contributed by atoms with van der Waals surface area (Å²) in [6.07, 6.45) is 0. The van der Waals surface area contributed by atoms with Crippen LogP contribution in [0.1, 0.15) is 37.8 Å². The number of benzene rings is 2. The molecule has 0 spiro atoms. The van der Waals surface area contributed by atoms with Gasteiger partial charge in [0.2, 0.25) is 5.91 Å². The fourth-order valence-electron chi connectivity index (χ4n) is 2.45. The number of carbonyl (C=O) groups is 1. The first-order valence-corrected chi connectivity index (χ1v) is 12.3. The van der Waals surface area contributed by atoms with Crippen molar-refractivity contribution in [1.82, 2.24) is 10.2 Å². The minimum Gasteiger partial charge on any atom is -0.324 e. The fourth-order valence-corrected chi connectivity index (χ4v) is 5.75. The van der Waals surface area contributed by atoms with E-state index in [9.17, 15) is 4.79 Å². The van der Waals surface area contributed by atoms with Crippen LogP contribution in [-0.4, -0.2) is 21.4 Å². The Kier molecular flexibility index (Phi) is 8.00. The molecule has 1 amide bonds. The summed E-state index contributed by atoms with van der Waals surface area (Å²) in [6, 6.07) is 15.9. The lowest BCUT2D eigenvalue weighted by molar-refractivity contribution is -0.115. The Balaban J connectivity index is 1.51. The lowest BCUT2D eigenvalue weighted by Gasteiger charge is -2.11. The molecule has 1 heterocycles. The number of nitrogens with zero attached hydrogens (tertiary/aromatic N) is 2. The van der Waals surface area contributed by atoms with Crippen LogP contribution in [0.25, 0.3) is 0 Å². The van der Waals surface area contributed by atoms with Crippen molar-refractivity contribution in [2.75, 3.05) is 5.32 Å². The highest BCUT2D eigenvalue weighted by Crippen LogP contribution is 2.33. The first-order valence-electron chi connectivity index (χ1n) is 9.19. The number of carbonyl (C=O) groups excluding carboxylic acids is 1. The summed E-state index contributed by atoms with van der Waals surface area (Å²) in [6.45, 7) is 6.24. The van der Waals surface area contributed by atoms with Crippen LogP contribution in [-0.2, 0) is 10.5 Å². The SMILES string of the molecule is CC(Sc1nnc(SCc2ccc(C(C)C)cc2)s1)C(=O)Nc1ccccc1Cl. The zero-order valence-corrected chi connectivity index (χ0v) is 19.6. The van der Waals surface area contributed by atoms with Crippen molar-refractivity contribution >= 4 is 58.1 Å². The third kappa shape index (κ3) is 6.47. The van der Waals surface area contributed by atoms with Gasteiger partial charge in [0, 0.05) is 5.75 Å². The van der Waals surface area contributed by atoms with Gasteiger partial charge in [0.15, 0.2) is 8.68 Å². The molecule has 2 aromatic carbocycles. The fraction of sp³-hybridized carbons (Fsp3) is 0.286. The second-order valence-corrected chi connectivity index (χ2v) is 10.9. The molecule has 0 bridgehead atoms. The molecule has 1 unspecified atom stereocenters. The normalized spacial score (nSPS) is 12.2. The van der Waals surface area contributed by atoms with Gasteiger partial charge in [-0.2, -0.15) is 0 Å². The van der Waals surface area contributed by atoms with E-state index in [1.807, 2.05) is 19.1 Å². The van der Waals surface area contributed by atoms with Gasteiger partial charge in [0.1, 0.15) is 0 Å². The summed E-state index contributed by atoms with van der Waals surface area (Å²) in [7, 11) is 0. The predicted molar refractivity (Wildman–Crippen MR) is 125 cm³/mol. The van der Waals surface area contributed by atoms with Gasteiger partial charge in [0.25, 0.3) is 0 Å². The van der Waals surface area contributed by atoms with Crippen molar-refractivity contribution in [2.24, 2.45) is 0 Å². The molecule has 0 aliphatic carbocycles. The summed E-state index contributed by atoms with van der Waals surface area (Å²) in [5, 5.41) is 11.5. The van der Waals surface area contributed by atoms with Crippen molar-refractivity contribution in [3.05, 3.63) is 64.7 Å². The number of para-hydroxylation sites is 1. The van der Waals surface area contributed by atoms with E-state index in [0.717, 1.165) is 14.4 Å². The summed E-state index contributed by atoms with van der Waals surface area (Å²) < 4.78 is 1.68. The molecule has 29 heavy (non-hydrogen) atoms. The van der Waals surface area contributed by atoms with Gasteiger partial charge in [-0.05, 0) is 36.1 Å². The van der Waals surface area contributed by atoms with Crippen molar-refractivity contribution in [1.29, 1.82) is 0 Å². The molecule has 0 aliphatic rings. The molecule has 0 fully saturated rings. The number of rotatable bonds is 8. The van der Waals surface area contributed by atoms with Crippen molar-refractivity contribution < 1.29 is 4.79 Å². The number of hydrogen-bond donors (Lipinski definition) is 1. The van der Waals surface area contributed by atoms with Gasteiger partial charge in [-0.25, -0.2) is 0 Å². The number of aromatic nitrogens is 2. The number of halogens is 1. The molecule has 8 heteroatoms. The van der Waals surface area contributed by atoms with E-state index in [0.29, 0.717) is 16.6 Å². The van der Waals surface area contributed by atoms with Crippen LogP contribution in [0.3, 0.4) is 0 Å². The summed E-state index contributed by atoms with van der Waals surface area (Å²) >= 11 is 10.7. The van der Waals surface area contributed by atoms with Crippen LogP contribution in [0.15, 0.2) is 57.2 Å². The Morgan fingerprint density at radius 2 is 1.76 bits per heavy atom. The Labute approximate surface area is 188 Å². The summed E-state index contributed by atoms with van der Waals surface area (Å²) in [5.74, 6) is 1.27. The Morgan fingerprint density at radius 3 is 2.45 bits per heavy atom. The number of anilines is 1. The standard InChI is InChI=1S/C21H22ClN3OS3/c1-13(2)16-10-8-15(9-11-16)12-27-20-24-25-21(29-20)28-14(3)19(26)23-18-7-5-4-6-17(18)22/h4-11,13-14H,12H2,1-3H3,(H,23,26). The van der Waals surface area contributed by atoms with Gasteiger partial charge in [-0.3, -0.25) is 4.79 Å². The molecular formula is C21H22ClN3OS3. The highest BCUT2D eigenvalue weighted by Gasteiger charge is 2.18. The first kappa shape index (κ1) is 22.2. The van der Waals surface area contributed by atoms with E-state index < -0.39 is 0 Å². The van der Waals surface area contributed by atoms with E-state index in [4.69, 9.17) is 11.6 Å².